The normalized spacial score (nSPS) is 11.7. The first-order valence-corrected chi connectivity index (χ1v) is 7.55. The van der Waals surface area contributed by atoms with Crippen molar-refractivity contribution in [2.75, 3.05) is 6.54 Å². The third-order valence-corrected chi connectivity index (χ3v) is 4.01. The molecule has 6 heteroatoms. The quantitative estimate of drug-likeness (QED) is 0.647. The first-order valence-electron chi connectivity index (χ1n) is 6.76. The number of nitro benzene ring substituents is 1. The molecule has 2 aromatic rings. The van der Waals surface area contributed by atoms with Crippen LogP contribution in [0.2, 0.25) is 0 Å². The predicted molar refractivity (Wildman–Crippen MR) is 88.0 cm³/mol. The van der Waals surface area contributed by atoms with E-state index in [2.05, 4.69) is 21.2 Å². The van der Waals surface area contributed by atoms with E-state index in [1.807, 2.05) is 37.3 Å². The minimum atomic E-state index is -0.520. The second-order valence-corrected chi connectivity index (χ2v) is 5.80. The van der Waals surface area contributed by atoms with Crippen LogP contribution in [0.15, 0.2) is 53.0 Å². The number of rotatable bonds is 5. The van der Waals surface area contributed by atoms with Gasteiger partial charge in [-0.15, -0.1) is 0 Å². The van der Waals surface area contributed by atoms with Gasteiger partial charge in [-0.25, -0.2) is 0 Å². The summed E-state index contributed by atoms with van der Waals surface area (Å²) >= 11 is 3.10. The molecule has 22 heavy (non-hydrogen) atoms. The summed E-state index contributed by atoms with van der Waals surface area (Å²) in [4.78, 5) is 22.5. The van der Waals surface area contributed by atoms with Crippen LogP contribution in [-0.4, -0.2) is 17.4 Å². The summed E-state index contributed by atoms with van der Waals surface area (Å²) in [6.07, 6.45) is 0. The van der Waals surface area contributed by atoms with Gasteiger partial charge in [-0.1, -0.05) is 37.3 Å². The predicted octanol–water partition coefficient (Wildman–Crippen LogP) is 3.89. The Labute approximate surface area is 136 Å². The molecule has 0 bridgehead atoms. The molecule has 0 aromatic heterocycles. The van der Waals surface area contributed by atoms with Crippen LogP contribution in [0.25, 0.3) is 0 Å². The zero-order chi connectivity index (χ0) is 16.1. The van der Waals surface area contributed by atoms with Crippen molar-refractivity contribution in [3.63, 3.8) is 0 Å². The highest BCUT2D eigenvalue weighted by molar-refractivity contribution is 9.10. The minimum absolute atomic E-state index is 0.122. The first-order chi connectivity index (χ1) is 10.5. The van der Waals surface area contributed by atoms with Gasteiger partial charge in [0.1, 0.15) is 0 Å². The number of nitro groups is 1. The molecule has 0 aliphatic carbocycles. The molecule has 0 saturated heterocycles. The number of benzene rings is 2. The van der Waals surface area contributed by atoms with Gasteiger partial charge in [-0.3, -0.25) is 14.9 Å². The van der Waals surface area contributed by atoms with Crippen LogP contribution in [0.5, 0.6) is 0 Å². The Bertz CT molecular complexity index is 689. The van der Waals surface area contributed by atoms with E-state index in [-0.39, 0.29) is 23.1 Å². The number of carbonyl (C=O) groups excluding carboxylic acids is 1. The van der Waals surface area contributed by atoms with Crippen LogP contribution < -0.4 is 5.32 Å². The number of hydrogen-bond donors (Lipinski definition) is 1. The second-order valence-electron chi connectivity index (χ2n) is 4.95. The molecule has 0 aliphatic rings. The summed E-state index contributed by atoms with van der Waals surface area (Å²) < 4.78 is 0.353. The Hall–Kier alpha value is -2.21. The molecule has 0 fully saturated rings. The van der Waals surface area contributed by atoms with E-state index in [9.17, 15) is 14.9 Å². The van der Waals surface area contributed by atoms with Gasteiger partial charge in [0.2, 0.25) is 0 Å². The van der Waals surface area contributed by atoms with Crippen molar-refractivity contribution in [1.29, 1.82) is 0 Å². The molecule has 2 aromatic carbocycles. The zero-order valence-electron chi connectivity index (χ0n) is 12.0. The van der Waals surface area contributed by atoms with E-state index in [0.29, 0.717) is 11.0 Å². The van der Waals surface area contributed by atoms with E-state index in [1.54, 1.807) is 6.07 Å². The van der Waals surface area contributed by atoms with Crippen LogP contribution in [0.3, 0.4) is 0 Å². The first kappa shape index (κ1) is 16.2. The van der Waals surface area contributed by atoms with E-state index < -0.39 is 4.92 Å². The average molecular weight is 363 g/mol. The fourth-order valence-corrected chi connectivity index (χ4v) is 2.43. The number of halogens is 1. The van der Waals surface area contributed by atoms with Crippen LogP contribution in [0, 0.1) is 10.1 Å². The lowest BCUT2D eigenvalue weighted by Crippen LogP contribution is -2.27. The number of amides is 1. The second kappa shape index (κ2) is 7.17. The fraction of sp³-hybridized carbons (Fsp3) is 0.188. The fourth-order valence-electron chi connectivity index (χ4n) is 2.04. The Balaban J connectivity index is 2.04. The lowest BCUT2D eigenvalue weighted by atomic mass is 10.0. The zero-order valence-corrected chi connectivity index (χ0v) is 13.5. The average Bonchev–Trinajstić information content (AvgIpc) is 2.53. The highest BCUT2D eigenvalue weighted by Crippen LogP contribution is 2.25. The van der Waals surface area contributed by atoms with Crippen molar-refractivity contribution < 1.29 is 9.72 Å². The van der Waals surface area contributed by atoms with Gasteiger partial charge >= 0.3 is 0 Å². The molecule has 1 atom stereocenters. The summed E-state index contributed by atoms with van der Waals surface area (Å²) in [5, 5.41) is 13.7. The number of nitrogens with zero attached hydrogens (tertiary/aromatic N) is 1. The summed E-state index contributed by atoms with van der Waals surface area (Å²) in [6.45, 7) is 2.48. The number of hydrogen-bond acceptors (Lipinski definition) is 3. The van der Waals surface area contributed by atoms with E-state index >= 15 is 0 Å². The monoisotopic (exact) mass is 362 g/mol. The lowest BCUT2D eigenvalue weighted by Gasteiger charge is -2.13. The van der Waals surface area contributed by atoms with Gasteiger partial charge in [-0.05, 0) is 39.5 Å². The third-order valence-electron chi connectivity index (χ3n) is 3.34. The molecule has 114 valence electrons. The van der Waals surface area contributed by atoms with Crippen LogP contribution >= 0.6 is 15.9 Å². The van der Waals surface area contributed by atoms with E-state index in [1.165, 1.54) is 12.1 Å². The highest BCUT2D eigenvalue weighted by atomic mass is 79.9. The van der Waals surface area contributed by atoms with E-state index in [0.717, 1.165) is 5.56 Å². The maximum Gasteiger partial charge on any atom is 0.284 e. The maximum atomic E-state index is 12.1. The van der Waals surface area contributed by atoms with Gasteiger partial charge in [0.05, 0.1) is 9.40 Å². The molecule has 5 nitrogen and oxygen atoms in total. The molecule has 1 N–H and O–H groups in total. The Morgan fingerprint density at radius 3 is 2.59 bits per heavy atom. The Morgan fingerprint density at radius 1 is 1.27 bits per heavy atom. The van der Waals surface area contributed by atoms with Gasteiger partial charge in [-0.2, -0.15) is 0 Å². The SMILES string of the molecule is CC(CNC(=O)c1ccc(Br)c([N+](=O)[O-])c1)c1ccccc1. The van der Waals surface area contributed by atoms with Gasteiger partial charge < -0.3 is 5.32 Å². The van der Waals surface area contributed by atoms with Crippen molar-refractivity contribution in [2.24, 2.45) is 0 Å². The topological polar surface area (TPSA) is 72.2 Å². The molecular formula is C16H15BrN2O3. The Morgan fingerprint density at radius 2 is 1.95 bits per heavy atom. The van der Waals surface area contributed by atoms with Crippen LogP contribution in [0.1, 0.15) is 28.8 Å². The third kappa shape index (κ3) is 3.92. The smallest absolute Gasteiger partial charge is 0.284 e. The van der Waals surface area contributed by atoms with Crippen molar-refractivity contribution >= 4 is 27.5 Å². The summed E-state index contributed by atoms with van der Waals surface area (Å²) in [5.74, 6) is -0.158. The molecule has 0 saturated carbocycles. The maximum absolute atomic E-state index is 12.1. The molecule has 2 rings (SSSR count). The molecule has 0 aliphatic heterocycles. The van der Waals surface area contributed by atoms with Crippen LogP contribution in [0.4, 0.5) is 5.69 Å². The molecular weight excluding hydrogens is 348 g/mol. The van der Waals surface area contributed by atoms with Crippen molar-refractivity contribution in [3.8, 4) is 0 Å². The molecule has 0 heterocycles. The van der Waals surface area contributed by atoms with Crippen molar-refractivity contribution in [1.82, 2.24) is 5.32 Å². The molecule has 0 radical (unpaired) electrons. The van der Waals surface area contributed by atoms with Crippen molar-refractivity contribution in [3.05, 3.63) is 74.2 Å². The van der Waals surface area contributed by atoms with Gasteiger partial charge in [0, 0.05) is 18.2 Å². The van der Waals surface area contributed by atoms with Crippen molar-refractivity contribution in [2.45, 2.75) is 12.8 Å². The Kier molecular flexibility index (Phi) is 5.27. The summed E-state index contributed by atoms with van der Waals surface area (Å²) in [7, 11) is 0. The molecule has 0 spiro atoms. The summed E-state index contributed by atoms with van der Waals surface area (Å²) in [5.41, 5.74) is 1.28. The van der Waals surface area contributed by atoms with Gasteiger partial charge in [0.15, 0.2) is 0 Å². The minimum Gasteiger partial charge on any atom is -0.351 e. The largest absolute Gasteiger partial charge is 0.351 e. The summed E-state index contributed by atoms with van der Waals surface area (Å²) in [6, 6.07) is 14.2. The lowest BCUT2D eigenvalue weighted by molar-refractivity contribution is -0.385. The number of carbonyl (C=O) groups is 1. The van der Waals surface area contributed by atoms with E-state index in [4.69, 9.17) is 0 Å². The van der Waals surface area contributed by atoms with Gasteiger partial charge in [0.25, 0.3) is 11.6 Å². The standard InChI is InChI=1S/C16H15BrN2O3/c1-11(12-5-3-2-4-6-12)10-18-16(20)13-7-8-14(17)15(9-13)19(21)22/h2-9,11H,10H2,1H3,(H,18,20). The number of nitrogens with one attached hydrogen (secondary N) is 1. The molecule has 1 amide bonds. The molecule has 1 unspecified atom stereocenters. The highest BCUT2D eigenvalue weighted by Gasteiger charge is 2.16. The van der Waals surface area contributed by atoms with Crippen LogP contribution in [-0.2, 0) is 0 Å².